The highest BCUT2D eigenvalue weighted by Crippen LogP contribution is 2.16. The number of rotatable bonds is 6. The van der Waals surface area contributed by atoms with Crippen molar-refractivity contribution < 1.29 is 5.11 Å². The normalized spacial score (nSPS) is 24.6. The van der Waals surface area contributed by atoms with Gasteiger partial charge >= 0.3 is 0 Å². The molecule has 1 heterocycles. The zero-order valence-corrected chi connectivity index (χ0v) is 11.4. The first-order valence-corrected chi connectivity index (χ1v) is 6.27. The molecule has 2 unspecified atom stereocenters. The van der Waals surface area contributed by atoms with Gasteiger partial charge in [-0.05, 0) is 58.2 Å². The quantitative estimate of drug-likeness (QED) is 0.670. The van der Waals surface area contributed by atoms with Crippen molar-refractivity contribution in [2.45, 2.75) is 45.1 Å². The minimum Gasteiger partial charge on any atom is -0.396 e. The third kappa shape index (κ3) is 5.48. The molecule has 0 spiro atoms. The topological polar surface area (TPSA) is 44.3 Å². The number of aliphatic hydroxyl groups excluding tert-OH is 1. The molecule has 3 N–H and O–H groups in total. The summed E-state index contributed by atoms with van der Waals surface area (Å²) in [5, 5.41) is 16.1. The van der Waals surface area contributed by atoms with Crippen LogP contribution in [0.5, 0.6) is 0 Å². The Morgan fingerprint density at radius 2 is 2.25 bits per heavy atom. The molecule has 1 fully saturated rings. The van der Waals surface area contributed by atoms with Gasteiger partial charge in [0.1, 0.15) is 0 Å². The predicted octanol–water partition coefficient (Wildman–Crippen LogP) is 1.55. The van der Waals surface area contributed by atoms with E-state index in [1.807, 2.05) is 0 Å². The van der Waals surface area contributed by atoms with Crippen LogP contribution in [0.3, 0.4) is 0 Å². The van der Waals surface area contributed by atoms with Crippen LogP contribution in [0.15, 0.2) is 0 Å². The number of hydrogen-bond acceptors (Lipinski definition) is 3. The lowest BCUT2D eigenvalue weighted by Gasteiger charge is -2.32. The van der Waals surface area contributed by atoms with E-state index in [0.29, 0.717) is 0 Å². The Hall–Kier alpha value is 0.170. The molecule has 0 aromatic rings. The highest BCUT2D eigenvalue weighted by atomic mass is 35.5. The number of halogens is 1. The molecule has 0 bridgehead atoms. The van der Waals surface area contributed by atoms with Crippen LogP contribution >= 0.6 is 12.4 Å². The average Bonchev–Trinajstić information content (AvgIpc) is 2.28. The second kappa shape index (κ2) is 8.29. The molecular formula is C12H27ClN2O. The highest BCUT2D eigenvalue weighted by Gasteiger charge is 2.22. The summed E-state index contributed by atoms with van der Waals surface area (Å²) in [5.41, 5.74) is 0.117. The minimum atomic E-state index is 0. The number of hydrogen-bond donors (Lipinski definition) is 3. The van der Waals surface area contributed by atoms with E-state index in [9.17, 15) is 0 Å². The Morgan fingerprint density at radius 1 is 1.50 bits per heavy atom. The molecule has 16 heavy (non-hydrogen) atoms. The molecule has 1 rings (SSSR count). The van der Waals surface area contributed by atoms with Crippen molar-refractivity contribution in [3.8, 4) is 0 Å². The molecule has 1 aliphatic rings. The molecule has 3 nitrogen and oxygen atoms in total. The second-order valence-electron chi connectivity index (χ2n) is 4.98. The van der Waals surface area contributed by atoms with E-state index in [2.05, 4.69) is 24.5 Å². The fourth-order valence-electron chi connectivity index (χ4n) is 2.13. The first-order chi connectivity index (χ1) is 7.20. The van der Waals surface area contributed by atoms with E-state index in [1.54, 1.807) is 0 Å². The highest BCUT2D eigenvalue weighted by molar-refractivity contribution is 5.85. The van der Waals surface area contributed by atoms with Crippen LogP contribution in [0.1, 0.15) is 39.5 Å². The van der Waals surface area contributed by atoms with Crippen molar-refractivity contribution in [2.75, 3.05) is 26.2 Å². The molecule has 0 aliphatic carbocycles. The summed E-state index contributed by atoms with van der Waals surface area (Å²) < 4.78 is 0. The Labute approximate surface area is 106 Å². The van der Waals surface area contributed by atoms with Gasteiger partial charge in [-0.25, -0.2) is 0 Å². The molecule has 0 aromatic heterocycles. The third-order valence-electron chi connectivity index (χ3n) is 3.66. The van der Waals surface area contributed by atoms with Gasteiger partial charge in [0, 0.05) is 12.1 Å². The summed E-state index contributed by atoms with van der Waals surface area (Å²) in [4.78, 5) is 0. The van der Waals surface area contributed by atoms with Crippen molar-refractivity contribution in [2.24, 2.45) is 5.92 Å². The van der Waals surface area contributed by atoms with Crippen LogP contribution in [0.4, 0.5) is 0 Å². The smallest absolute Gasteiger partial charge is 0.0448 e. The minimum absolute atomic E-state index is 0. The van der Waals surface area contributed by atoms with E-state index in [0.717, 1.165) is 31.8 Å². The van der Waals surface area contributed by atoms with E-state index in [-0.39, 0.29) is 24.6 Å². The van der Waals surface area contributed by atoms with Gasteiger partial charge in [-0.2, -0.15) is 0 Å². The summed E-state index contributed by atoms with van der Waals surface area (Å²) >= 11 is 0. The Kier molecular flexibility index (Phi) is 8.38. The van der Waals surface area contributed by atoms with Crippen molar-refractivity contribution in [1.29, 1.82) is 0 Å². The van der Waals surface area contributed by atoms with Gasteiger partial charge in [0.2, 0.25) is 0 Å². The van der Waals surface area contributed by atoms with Gasteiger partial charge in [-0.15, -0.1) is 12.4 Å². The van der Waals surface area contributed by atoms with Gasteiger partial charge in [0.25, 0.3) is 0 Å². The van der Waals surface area contributed by atoms with E-state index in [1.165, 1.54) is 19.4 Å². The second-order valence-corrected chi connectivity index (χ2v) is 4.98. The van der Waals surface area contributed by atoms with Crippen LogP contribution in [0, 0.1) is 5.92 Å². The van der Waals surface area contributed by atoms with Crippen LogP contribution in [0.2, 0.25) is 0 Å². The molecule has 0 aromatic carbocycles. The van der Waals surface area contributed by atoms with Gasteiger partial charge < -0.3 is 15.7 Å². The number of nitrogens with one attached hydrogen (secondary N) is 2. The molecule has 0 amide bonds. The summed E-state index contributed by atoms with van der Waals surface area (Å²) in [6.07, 6.45) is 4.56. The zero-order chi connectivity index (χ0) is 11.1. The van der Waals surface area contributed by atoms with E-state index < -0.39 is 0 Å². The fourth-order valence-corrected chi connectivity index (χ4v) is 2.13. The van der Waals surface area contributed by atoms with Gasteiger partial charge in [0.05, 0.1) is 0 Å². The lowest BCUT2D eigenvalue weighted by molar-refractivity contribution is 0.204. The van der Waals surface area contributed by atoms with E-state index in [4.69, 9.17) is 5.11 Å². The van der Waals surface area contributed by atoms with Crippen molar-refractivity contribution in [3.05, 3.63) is 0 Å². The van der Waals surface area contributed by atoms with Crippen LogP contribution in [-0.4, -0.2) is 36.9 Å². The molecule has 0 saturated carbocycles. The first-order valence-electron chi connectivity index (χ1n) is 6.27. The largest absolute Gasteiger partial charge is 0.396 e. The molecule has 2 atom stereocenters. The summed E-state index contributed by atoms with van der Waals surface area (Å²) in [6.45, 7) is 8.07. The maximum absolute atomic E-state index is 9.02. The summed E-state index contributed by atoms with van der Waals surface area (Å²) in [5.74, 6) is 0.767. The van der Waals surface area contributed by atoms with Crippen LogP contribution < -0.4 is 10.6 Å². The maximum atomic E-state index is 9.02. The standard InChI is InChI=1S/C12H26N2O.ClH/c1-3-12(2,6-8-15)14-10-11-5-4-7-13-9-11;/h11,13-15H,3-10H2,1-2H3;1H. The Bertz CT molecular complexity index is 174. The van der Waals surface area contributed by atoms with Crippen molar-refractivity contribution in [3.63, 3.8) is 0 Å². The average molecular weight is 251 g/mol. The Morgan fingerprint density at radius 3 is 2.75 bits per heavy atom. The van der Waals surface area contributed by atoms with E-state index >= 15 is 0 Å². The first kappa shape index (κ1) is 16.2. The lowest BCUT2D eigenvalue weighted by atomic mass is 9.92. The molecule has 98 valence electrons. The van der Waals surface area contributed by atoms with Crippen LogP contribution in [-0.2, 0) is 0 Å². The van der Waals surface area contributed by atoms with Gasteiger partial charge in [-0.1, -0.05) is 6.92 Å². The number of piperidine rings is 1. The molecule has 1 saturated heterocycles. The summed E-state index contributed by atoms with van der Waals surface area (Å²) in [6, 6.07) is 0. The molecule has 1 aliphatic heterocycles. The van der Waals surface area contributed by atoms with Crippen molar-refractivity contribution in [1.82, 2.24) is 10.6 Å². The predicted molar refractivity (Wildman–Crippen MR) is 71.2 cm³/mol. The third-order valence-corrected chi connectivity index (χ3v) is 3.66. The maximum Gasteiger partial charge on any atom is 0.0448 e. The van der Waals surface area contributed by atoms with Gasteiger partial charge in [0.15, 0.2) is 0 Å². The SMILES string of the molecule is CCC(C)(CCO)NCC1CCCNC1.Cl. The lowest BCUT2D eigenvalue weighted by Crippen LogP contribution is -2.47. The molecular weight excluding hydrogens is 224 g/mol. The molecule has 4 heteroatoms. The fraction of sp³-hybridized carbons (Fsp3) is 1.00. The Balaban J connectivity index is 0.00000225. The van der Waals surface area contributed by atoms with Gasteiger partial charge in [-0.3, -0.25) is 0 Å². The molecule has 0 radical (unpaired) electrons. The monoisotopic (exact) mass is 250 g/mol. The number of aliphatic hydroxyl groups is 1. The van der Waals surface area contributed by atoms with Crippen LogP contribution in [0.25, 0.3) is 0 Å². The van der Waals surface area contributed by atoms with Crippen molar-refractivity contribution >= 4 is 12.4 Å². The zero-order valence-electron chi connectivity index (χ0n) is 10.6. The summed E-state index contributed by atoms with van der Waals surface area (Å²) in [7, 11) is 0.